The molecule has 2 saturated heterocycles. The molecule has 2 aliphatic rings. The third-order valence-electron chi connectivity index (χ3n) is 5.93. The number of amides is 1. The topological polar surface area (TPSA) is 93.2 Å². The zero-order valence-electron chi connectivity index (χ0n) is 16.3. The van der Waals surface area contributed by atoms with Crippen LogP contribution in [0.2, 0.25) is 0 Å². The largest absolute Gasteiger partial charge is 0.341 e. The van der Waals surface area contributed by atoms with E-state index in [1.165, 1.54) is 0 Å². The van der Waals surface area contributed by atoms with Crippen molar-refractivity contribution in [2.75, 3.05) is 26.7 Å². The van der Waals surface area contributed by atoms with E-state index >= 15 is 0 Å². The zero-order chi connectivity index (χ0) is 19.8. The number of carbonyl (C=O) groups is 1. The van der Waals surface area contributed by atoms with Crippen molar-refractivity contribution in [3.63, 3.8) is 0 Å². The van der Waals surface area contributed by atoms with Crippen molar-refractivity contribution in [3.8, 4) is 11.4 Å². The fraction of sp³-hybridized carbons (Fsp3) is 0.450. The molecule has 3 aromatic rings. The van der Waals surface area contributed by atoms with Crippen molar-refractivity contribution in [1.82, 2.24) is 34.7 Å². The summed E-state index contributed by atoms with van der Waals surface area (Å²) in [6.07, 6.45) is 8.45. The highest BCUT2D eigenvalue weighted by molar-refractivity contribution is 5.77. The Balaban J connectivity index is 1.20. The summed E-state index contributed by atoms with van der Waals surface area (Å²) in [5.41, 5.74) is 1.01. The number of hydrogen-bond acceptors (Lipinski definition) is 7. The van der Waals surface area contributed by atoms with E-state index in [-0.39, 0.29) is 17.4 Å². The first-order valence-electron chi connectivity index (χ1n) is 9.81. The summed E-state index contributed by atoms with van der Waals surface area (Å²) in [5, 5.41) is 8.29. The SMILES string of the molecule is CN1CC2(C[C@H]1c1nc(-c3ccncc3)no1)CN(C(=O)CCn1cccn1)C2. The average Bonchev–Trinajstić information content (AvgIpc) is 3.45. The maximum absolute atomic E-state index is 12.5. The van der Waals surface area contributed by atoms with Crippen LogP contribution in [-0.4, -0.2) is 67.3 Å². The van der Waals surface area contributed by atoms with E-state index in [1.807, 2.05) is 29.3 Å². The van der Waals surface area contributed by atoms with Gasteiger partial charge >= 0.3 is 0 Å². The Labute approximate surface area is 168 Å². The molecule has 5 heterocycles. The van der Waals surface area contributed by atoms with Crippen LogP contribution in [-0.2, 0) is 11.3 Å². The van der Waals surface area contributed by atoms with E-state index in [1.54, 1.807) is 23.3 Å². The van der Waals surface area contributed by atoms with Crippen molar-refractivity contribution in [2.45, 2.75) is 25.4 Å². The van der Waals surface area contributed by atoms with Crippen LogP contribution in [0.15, 0.2) is 47.5 Å². The summed E-state index contributed by atoms with van der Waals surface area (Å²) in [6.45, 7) is 3.12. The molecule has 1 amide bonds. The van der Waals surface area contributed by atoms with Gasteiger partial charge in [-0.3, -0.25) is 19.4 Å². The third-order valence-corrected chi connectivity index (χ3v) is 5.93. The lowest BCUT2D eigenvalue weighted by molar-refractivity contribution is -0.143. The predicted octanol–water partition coefficient (Wildman–Crippen LogP) is 1.62. The van der Waals surface area contributed by atoms with Gasteiger partial charge in [0.15, 0.2) is 0 Å². The van der Waals surface area contributed by atoms with Crippen molar-refractivity contribution in [1.29, 1.82) is 0 Å². The monoisotopic (exact) mass is 393 g/mol. The molecule has 0 aromatic carbocycles. The van der Waals surface area contributed by atoms with Gasteiger partial charge in [-0.1, -0.05) is 5.16 Å². The van der Waals surface area contributed by atoms with Crippen molar-refractivity contribution >= 4 is 5.91 Å². The van der Waals surface area contributed by atoms with Gasteiger partial charge in [0, 0.05) is 68.4 Å². The number of likely N-dealkylation sites (tertiary alicyclic amines) is 2. The molecule has 0 saturated carbocycles. The molecule has 1 spiro atoms. The van der Waals surface area contributed by atoms with Gasteiger partial charge in [-0.15, -0.1) is 0 Å². The summed E-state index contributed by atoms with van der Waals surface area (Å²) < 4.78 is 7.37. The molecule has 0 bridgehead atoms. The van der Waals surface area contributed by atoms with Gasteiger partial charge in [-0.25, -0.2) is 0 Å². The summed E-state index contributed by atoms with van der Waals surface area (Å²) in [4.78, 5) is 25.3. The fourth-order valence-corrected chi connectivity index (χ4v) is 4.50. The van der Waals surface area contributed by atoms with Gasteiger partial charge in [0.25, 0.3) is 0 Å². The first-order chi connectivity index (χ1) is 14.1. The third kappa shape index (κ3) is 3.42. The van der Waals surface area contributed by atoms with Gasteiger partial charge in [0.05, 0.1) is 6.04 Å². The Hall–Kier alpha value is -3.07. The highest BCUT2D eigenvalue weighted by atomic mass is 16.5. The standard InChI is InChI=1S/C20H23N7O2/c1-25-12-20(13-26(14-20)17(28)5-10-27-9-2-6-22-27)11-16(25)19-23-18(24-29-19)15-3-7-21-8-4-15/h2-4,6-9,16H,5,10-14H2,1H3/t16-/m0/s1. The van der Waals surface area contributed by atoms with E-state index in [9.17, 15) is 4.79 Å². The normalized spacial score (nSPS) is 20.9. The second-order valence-corrected chi connectivity index (χ2v) is 8.10. The van der Waals surface area contributed by atoms with Gasteiger partial charge in [0.1, 0.15) is 0 Å². The minimum atomic E-state index is 0.0828. The van der Waals surface area contributed by atoms with Crippen LogP contribution in [0.3, 0.4) is 0 Å². The zero-order valence-corrected chi connectivity index (χ0v) is 16.3. The molecule has 1 atom stereocenters. The lowest BCUT2D eigenvalue weighted by Crippen LogP contribution is -2.59. The minimum Gasteiger partial charge on any atom is -0.341 e. The molecule has 2 fully saturated rings. The molecular weight excluding hydrogens is 370 g/mol. The Morgan fingerprint density at radius 1 is 1.24 bits per heavy atom. The lowest BCUT2D eigenvalue weighted by Gasteiger charge is -2.48. The van der Waals surface area contributed by atoms with Crippen LogP contribution in [0.25, 0.3) is 11.4 Å². The van der Waals surface area contributed by atoms with Crippen LogP contribution < -0.4 is 0 Å². The average molecular weight is 393 g/mol. The van der Waals surface area contributed by atoms with Gasteiger partial charge in [-0.05, 0) is 31.7 Å². The summed E-state index contributed by atoms with van der Waals surface area (Å²) in [6, 6.07) is 5.69. The fourth-order valence-electron chi connectivity index (χ4n) is 4.50. The van der Waals surface area contributed by atoms with E-state index in [0.717, 1.165) is 31.6 Å². The minimum absolute atomic E-state index is 0.0828. The second kappa shape index (κ2) is 7.07. The van der Waals surface area contributed by atoms with Crippen LogP contribution in [0.1, 0.15) is 24.8 Å². The first-order valence-corrected chi connectivity index (χ1v) is 9.81. The number of pyridine rings is 1. The molecule has 150 valence electrons. The highest BCUT2D eigenvalue weighted by Gasteiger charge is 2.53. The molecule has 0 aliphatic carbocycles. The number of aryl methyl sites for hydroxylation is 1. The predicted molar refractivity (Wildman–Crippen MR) is 103 cm³/mol. The molecular formula is C20H23N7O2. The molecule has 2 aliphatic heterocycles. The molecule has 29 heavy (non-hydrogen) atoms. The van der Waals surface area contributed by atoms with Crippen LogP contribution in [0.5, 0.6) is 0 Å². The number of hydrogen-bond donors (Lipinski definition) is 0. The van der Waals surface area contributed by atoms with Crippen LogP contribution >= 0.6 is 0 Å². The number of carbonyl (C=O) groups excluding carboxylic acids is 1. The number of rotatable bonds is 5. The Bertz CT molecular complexity index is 979. The van der Waals surface area contributed by atoms with Crippen LogP contribution in [0.4, 0.5) is 0 Å². The van der Waals surface area contributed by atoms with Crippen molar-refractivity contribution in [3.05, 3.63) is 48.9 Å². The molecule has 5 rings (SSSR count). The number of nitrogens with zero attached hydrogens (tertiary/aromatic N) is 7. The Kier molecular flexibility index (Phi) is 4.39. The summed E-state index contributed by atoms with van der Waals surface area (Å²) in [5.74, 6) is 1.41. The van der Waals surface area contributed by atoms with E-state index < -0.39 is 0 Å². The van der Waals surface area contributed by atoms with Crippen molar-refractivity contribution in [2.24, 2.45) is 5.41 Å². The quantitative estimate of drug-likeness (QED) is 0.650. The molecule has 0 N–H and O–H groups in total. The smallest absolute Gasteiger partial charge is 0.244 e. The van der Waals surface area contributed by atoms with E-state index in [4.69, 9.17) is 4.52 Å². The van der Waals surface area contributed by atoms with Crippen LogP contribution in [0, 0.1) is 5.41 Å². The number of aromatic nitrogens is 5. The molecule has 0 radical (unpaired) electrons. The van der Waals surface area contributed by atoms with Gasteiger partial charge < -0.3 is 9.42 Å². The highest BCUT2D eigenvalue weighted by Crippen LogP contribution is 2.47. The Morgan fingerprint density at radius 2 is 2.07 bits per heavy atom. The molecule has 9 heteroatoms. The Morgan fingerprint density at radius 3 is 2.83 bits per heavy atom. The lowest BCUT2D eigenvalue weighted by atomic mass is 9.77. The van der Waals surface area contributed by atoms with Crippen molar-refractivity contribution < 1.29 is 9.32 Å². The summed E-state index contributed by atoms with van der Waals surface area (Å²) in [7, 11) is 2.08. The molecule has 0 unspecified atom stereocenters. The molecule has 9 nitrogen and oxygen atoms in total. The van der Waals surface area contributed by atoms with E-state index in [0.29, 0.717) is 24.7 Å². The van der Waals surface area contributed by atoms with E-state index in [2.05, 4.69) is 32.2 Å². The maximum Gasteiger partial charge on any atom is 0.244 e. The first kappa shape index (κ1) is 18.0. The second-order valence-electron chi connectivity index (χ2n) is 8.10. The molecule has 3 aromatic heterocycles. The maximum atomic E-state index is 12.5. The van der Waals surface area contributed by atoms with Gasteiger partial charge in [0.2, 0.25) is 17.6 Å². The summed E-state index contributed by atoms with van der Waals surface area (Å²) >= 11 is 0. The van der Waals surface area contributed by atoms with Gasteiger partial charge in [-0.2, -0.15) is 10.1 Å².